The van der Waals surface area contributed by atoms with Gasteiger partial charge in [0, 0.05) is 18.7 Å². The topological polar surface area (TPSA) is 88.8 Å². The molecule has 3 aromatic rings. The first-order chi connectivity index (χ1) is 14.5. The summed E-state index contributed by atoms with van der Waals surface area (Å²) in [6.07, 6.45) is -0.778. The van der Waals surface area contributed by atoms with Crippen LogP contribution in [-0.2, 0) is 13.2 Å². The molecule has 1 atom stereocenters. The molecular formula is C22H26ClN3O4. The van der Waals surface area contributed by atoms with Crippen LogP contribution in [0.3, 0.4) is 0 Å². The molecule has 0 aliphatic rings. The lowest BCUT2D eigenvalue weighted by molar-refractivity contribution is 0.0942. The highest BCUT2D eigenvalue weighted by atomic mass is 35.5. The summed E-state index contributed by atoms with van der Waals surface area (Å²) in [4.78, 5) is 0. The van der Waals surface area contributed by atoms with E-state index in [1.807, 2.05) is 55.5 Å². The van der Waals surface area contributed by atoms with Crippen LogP contribution in [0.1, 0.15) is 16.8 Å². The van der Waals surface area contributed by atoms with Crippen LogP contribution in [0.2, 0.25) is 5.15 Å². The maximum atomic E-state index is 9.40. The van der Waals surface area contributed by atoms with Gasteiger partial charge < -0.3 is 25.0 Å². The van der Waals surface area contributed by atoms with Crippen molar-refractivity contribution in [3.8, 4) is 17.2 Å². The minimum atomic E-state index is -0.778. The maximum Gasteiger partial charge on any atom is 0.161 e. The molecule has 0 aliphatic heterocycles. The first-order valence-electron chi connectivity index (χ1n) is 9.62. The molecule has 7 nitrogen and oxygen atoms in total. The molecule has 1 heterocycles. The Balaban J connectivity index is 1.69. The third-order valence-electron chi connectivity index (χ3n) is 4.64. The Morgan fingerprint density at radius 1 is 1.17 bits per heavy atom. The van der Waals surface area contributed by atoms with Gasteiger partial charge >= 0.3 is 0 Å². The number of nitrogens with one attached hydrogen (secondary N) is 1. The molecule has 0 bridgehead atoms. The second-order valence-corrected chi connectivity index (χ2v) is 7.20. The predicted octanol–water partition coefficient (Wildman–Crippen LogP) is 2.86. The quantitative estimate of drug-likeness (QED) is 0.457. The van der Waals surface area contributed by atoms with Crippen LogP contribution in [-0.4, -0.2) is 46.4 Å². The number of aromatic nitrogens is 2. The summed E-state index contributed by atoms with van der Waals surface area (Å²) in [5.74, 6) is 1.20. The van der Waals surface area contributed by atoms with E-state index in [9.17, 15) is 5.11 Å². The van der Waals surface area contributed by atoms with Gasteiger partial charge in [0.25, 0.3) is 0 Å². The number of benzene rings is 2. The Hall–Kier alpha value is -2.58. The molecule has 0 unspecified atom stereocenters. The van der Waals surface area contributed by atoms with Gasteiger partial charge in [0.15, 0.2) is 11.5 Å². The summed E-state index contributed by atoms with van der Waals surface area (Å²) in [5, 5.41) is 26.4. The second-order valence-electron chi connectivity index (χ2n) is 6.84. The Kier molecular flexibility index (Phi) is 7.70. The molecule has 0 spiro atoms. The van der Waals surface area contributed by atoms with Gasteiger partial charge in [-0.25, -0.2) is 4.68 Å². The summed E-state index contributed by atoms with van der Waals surface area (Å²) >= 11 is 6.57. The molecule has 1 aromatic heterocycles. The molecule has 0 saturated heterocycles. The largest absolute Gasteiger partial charge is 0.493 e. The van der Waals surface area contributed by atoms with Gasteiger partial charge in [-0.2, -0.15) is 5.10 Å². The molecule has 2 aromatic carbocycles. The summed E-state index contributed by atoms with van der Waals surface area (Å²) in [7, 11) is 1.58. The fraction of sp³-hybridized carbons (Fsp3) is 0.318. The fourth-order valence-electron chi connectivity index (χ4n) is 2.97. The Morgan fingerprint density at radius 2 is 1.93 bits per heavy atom. The van der Waals surface area contributed by atoms with Crippen LogP contribution < -0.4 is 14.8 Å². The van der Waals surface area contributed by atoms with Gasteiger partial charge in [-0.05, 0) is 36.8 Å². The zero-order valence-electron chi connectivity index (χ0n) is 17.0. The standard InChI is InChI=1S/C22H26ClN3O4/c1-15-19(22(23)26(25-15)17-6-4-3-5-7-17)14-30-20-9-8-16(10-21(20)29-2)11-24-12-18(28)13-27/h3-10,18,24,27-28H,11-14H2,1-2H3/t18-/m0/s1. The number of aliphatic hydroxyl groups excluding tert-OH is 2. The number of hydrogen-bond donors (Lipinski definition) is 3. The molecule has 30 heavy (non-hydrogen) atoms. The van der Waals surface area contributed by atoms with E-state index < -0.39 is 6.10 Å². The van der Waals surface area contributed by atoms with Crippen LogP contribution in [0.4, 0.5) is 0 Å². The summed E-state index contributed by atoms with van der Waals surface area (Å²) < 4.78 is 13.1. The lowest BCUT2D eigenvalue weighted by atomic mass is 10.2. The van der Waals surface area contributed by atoms with E-state index in [1.54, 1.807) is 11.8 Å². The van der Waals surface area contributed by atoms with Crippen molar-refractivity contribution in [2.75, 3.05) is 20.3 Å². The highest BCUT2D eigenvalue weighted by Crippen LogP contribution is 2.31. The van der Waals surface area contributed by atoms with Crippen molar-refractivity contribution in [2.24, 2.45) is 0 Å². The van der Waals surface area contributed by atoms with Crippen LogP contribution in [0.5, 0.6) is 11.5 Å². The molecule has 3 N–H and O–H groups in total. The lowest BCUT2D eigenvalue weighted by Gasteiger charge is -2.13. The van der Waals surface area contributed by atoms with Crippen molar-refractivity contribution < 1.29 is 19.7 Å². The molecule has 8 heteroatoms. The summed E-state index contributed by atoms with van der Waals surface area (Å²) in [5.41, 5.74) is 3.46. The summed E-state index contributed by atoms with van der Waals surface area (Å²) in [6.45, 7) is 2.72. The van der Waals surface area contributed by atoms with Gasteiger partial charge in [-0.15, -0.1) is 0 Å². The maximum absolute atomic E-state index is 9.40. The minimum Gasteiger partial charge on any atom is -0.493 e. The van der Waals surface area contributed by atoms with E-state index in [4.69, 9.17) is 26.2 Å². The zero-order valence-corrected chi connectivity index (χ0v) is 17.8. The SMILES string of the molecule is COc1cc(CNC[C@H](O)CO)ccc1OCc1c(C)nn(-c2ccccc2)c1Cl. The number of ether oxygens (including phenoxy) is 2. The molecule has 160 valence electrons. The van der Waals surface area contributed by atoms with Gasteiger partial charge in [0.2, 0.25) is 0 Å². The van der Waals surface area contributed by atoms with Crippen LogP contribution in [0, 0.1) is 6.92 Å². The normalized spacial score (nSPS) is 12.0. The van der Waals surface area contributed by atoms with Crippen molar-refractivity contribution in [1.29, 1.82) is 0 Å². The molecule has 0 amide bonds. The number of halogens is 1. The molecule has 3 rings (SSSR count). The van der Waals surface area contributed by atoms with Crippen LogP contribution in [0.15, 0.2) is 48.5 Å². The van der Waals surface area contributed by atoms with E-state index in [0.717, 1.165) is 22.5 Å². The minimum absolute atomic E-state index is 0.258. The number of para-hydroxylation sites is 1. The predicted molar refractivity (Wildman–Crippen MR) is 115 cm³/mol. The molecule has 0 radical (unpaired) electrons. The van der Waals surface area contributed by atoms with E-state index in [0.29, 0.717) is 29.7 Å². The highest BCUT2D eigenvalue weighted by Gasteiger charge is 2.16. The van der Waals surface area contributed by atoms with Crippen molar-refractivity contribution in [2.45, 2.75) is 26.2 Å². The lowest BCUT2D eigenvalue weighted by Crippen LogP contribution is -2.28. The van der Waals surface area contributed by atoms with Crippen molar-refractivity contribution >= 4 is 11.6 Å². The third kappa shape index (κ3) is 5.31. The molecular weight excluding hydrogens is 406 g/mol. The van der Waals surface area contributed by atoms with Gasteiger partial charge in [-0.1, -0.05) is 35.9 Å². The van der Waals surface area contributed by atoms with E-state index in [2.05, 4.69) is 10.4 Å². The van der Waals surface area contributed by atoms with E-state index in [-0.39, 0.29) is 13.2 Å². The number of aryl methyl sites for hydroxylation is 1. The Bertz CT molecular complexity index is 963. The molecule has 0 aliphatic carbocycles. The van der Waals surface area contributed by atoms with E-state index >= 15 is 0 Å². The number of aliphatic hydroxyl groups is 2. The molecule has 0 fully saturated rings. The van der Waals surface area contributed by atoms with E-state index in [1.165, 1.54) is 0 Å². The second kappa shape index (κ2) is 10.4. The average Bonchev–Trinajstić information content (AvgIpc) is 3.06. The number of methoxy groups -OCH3 is 1. The first-order valence-corrected chi connectivity index (χ1v) is 10.00. The monoisotopic (exact) mass is 431 g/mol. The smallest absolute Gasteiger partial charge is 0.161 e. The van der Waals surface area contributed by atoms with Gasteiger partial charge in [0.1, 0.15) is 11.8 Å². The number of nitrogens with zero attached hydrogens (tertiary/aromatic N) is 2. The van der Waals surface area contributed by atoms with Gasteiger partial charge in [-0.3, -0.25) is 0 Å². The Morgan fingerprint density at radius 3 is 2.63 bits per heavy atom. The van der Waals surface area contributed by atoms with Gasteiger partial charge in [0.05, 0.1) is 31.2 Å². The zero-order chi connectivity index (χ0) is 21.5. The van der Waals surface area contributed by atoms with Crippen LogP contribution >= 0.6 is 11.6 Å². The average molecular weight is 432 g/mol. The highest BCUT2D eigenvalue weighted by molar-refractivity contribution is 6.30. The molecule has 0 saturated carbocycles. The fourth-order valence-corrected chi connectivity index (χ4v) is 3.30. The third-order valence-corrected chi connectivity index (χ3v) is 5.03. The van der Waals surface area contributed by atoms with Crippen molar-refractivity contribution in [3.63, 3.8) is 0 Å². The van der Waals surface area contributed by atoms with Crippen molar-refractivity contribution in [3.05, 3.63) is 70.5 Å². The number of hydrogen-bond acceptors (Lipinski definition) is 6. The summed E-state index contributed by atoms with van der Waals surface area (Å²) in [6, 6.07) is 15.3. The Labute approximate surface area is 180 Å². The van der Waals surface area contributed by atoms with Crippen molar-refractivity contribution in [1.82, 2.24) is 15.1 Å². The van der Waals surface area contributed by atoms with Crippen LogP contribution in [0.25, 0.3) is 5.69 Å². The number of rotatable bonds is 10. The first kappa shape index (κ1) is 22.1.